The summed E-state index contributed by atoms with van der Waals surface area (Å²) in [7, 11) is 1.60. The summed E-state index contributed by atoms with van der Waals surface area (Å²) in [5.41, 5.74) is 1.87. The minimum atomic E-state index is -4.45. The van der Waals surface area contributed by atoms with Crippen molar-refractivity contribution in [1.29, 1.82) is 0 Å². The van der Waals surface area contributed by atoms with Crippen LogP contribution in [0.25, 0.3) is 0 Å². The number of fused-ring (bicyclic) bond motifs is 1. The zero-order valence-corrected chi connectivity index (χ0v) is 17.5. The highest BCUT2D eigenvalue weighted by molar-refractivity contribution is 7.10. The third-order valence-corrected chi connectivity index (χ3v) is 6.14. The zero-order valence-electron chi connectivity index (χ0n) is 16.7. The molecule has 0 saturated heterocycles. The van der Waals surface area contributed by atoms with Gasteiger partial charge < -0.3 is 10.1 Å². The maximum Gasteiger partial charge on any atom is 0.416 e. The third-order valence-electron chi connectivity index (χ3n) is 5.13. The van der Waals surface area contributed by atoms with Gasteiger partial charge in [0.15, 0.2) is 0 Å². The van der Waals surface area contributed by atoms with Crippen LogP contribution in [0.4, 0.5) is 18.9 Å². The predicted octanol–water partition coefficient (Wildman–Crippen LogP) is 4.98. The van der Waals surface area contributed by atoms with Gasteiger partial charge in [-0.2, -0.15) is 13.2 Å². The molecule has 5 nitrogen and oxygen atoms in total. The van der Waals surface area contributed by atoms with E-state index in [4.69, 9.17) is 4.74 Å². The Labute approximate surface area is 181 Å². The Bertz CT molecular complexity index is 1100. The lowest BCUT2D eigenvalue weighted by molar-refractivity contribution is -0.137. The van der Waals surface area contributed by atoms with Crippen LogP contribution in [0.3, 0.4) is 0 Å². The van der Waals surface area contributed by atoms with Crippen molar-refractivity contribution in [2.24, 2.45) is 0 Å². The van der Waals surface area contributed by atoms with E-state index in [1.54, 1.807) is 24.9 Å². The SMILES string of the molecule is COc1cncc(CN2CCc3c(C(=O)Nc4cccc(C(F)(F)F)c4)csc3C2)c1. The van der Waals surface area contributed by atoms with Crippen molar-refractivity contribution in [3.63, 3.8) is 0 Å². The first-order valence-electron chi connectivity index (χ1n) is 9.61. The lowest BCUT2D eigenvalue weighted by Gasteiger charge is -2.27. The second kappa shape index (κ2) is 8.68. The van der Waals surface area contributed by atoms with Gasteiger partial charge in [0, 0.05) is 41.8 Å². The van der Waals surface area contributed by atoms with Crippen molar-refractivity contribution in [1.82, 2.24) is 9.88 Å². The number of nitrogens with zero attached hydrogens (tertiary/aromatic N) is 2. The molecule has 0 saturated carbocycles. The van der Waals surface area contributed by atoms with E-state index in [1.165, 1.54) is 23.5 Å². The molecule has 31 heavy (non-hydrogen) atoms. The number of methoxy groups -OCH3 is 1. The molecule has 1 aliphatic heterocycles. The Balaban J connectivity index is 1.44. The standard InChI is InChI=1S/C22H20F3N3O2S/c1-30-17-7-14(9-26-10-17)11-28-6-5-18-19(13-31-20(18)12-28)21(29)27-16-4-2-3-15(8-16)22(23,24)25/h2-4,7-10,13H,5-6,11-12H2,1H3,(H,27,29). The molecule has 0 aliphatic carbocycles. The van der Waals surface area contributed by atoms with Crippen molar-refractivity contribution >= 4 is 22.9 Å². The van der Waals surface area contributed by atoms with Crippen LogP contribution in [0, 0.1) is 0 Å². The molecule has 1 aromatic carbocycles. The summed E-state index contributed by atoms with van der Waals surface area (Å²) in [6, 6.07) is 6.61. The predicted molar refractivity (Wildman–Crippen MR) is 112 cm³/mol. The topological polar surface area (TPSA) is 54.5 Å². The van der Waals surface area contributed by atoms with Gasteiger partial charge in [0.25, 0.3) is 5.91 Å². The normalized spacial score (nSPS) is 14.2. The molecule has 9 heteroatoms. The Morgan fingerprint density at radius 3 is 2.90 bits per heavy atom. The average molecular weight is 447 g/mol. The second-order valence-electron chi connectivity index (χ2n) is 7.28. The van der Waals surface area contributed by atoms with E-state index in [-0.39, 0.29) is 11.6 Å². The number of rotatable bonds is 5. The van der Waals surface area contributed by atoms with Crippen molar-refractivity contribution in [2.45, 2.75) is 25.7 Å². The third kappa shape index (κ3) is 4.88. The molecular formula is C22H20F3N3O2S. The molecule has 0 fully saturated rings. The van der Waals surface area contributed by atoms with Crippen molar-refractivity contribution in [3.8, 4) is 5.75 Å². The Hall–Kier alpha value is -2.91. The molecule has 4 rings (SSSR count). The Morgan fingerprint density at radius 1 is 1.29 bits per heavy atom. The molecule has 2 aromatic heterocycles. The first-order valence-corrected chi connectivity index (χ1v) is 10.5. The van der Waals surface area contributed by atoms with E-state index in [0.29, 0.717) is 30.8 Å². The summed E-state index contributed by atoms with van der Waals surface area (Å²) in [6.07, 6.45) is -0.293. The molecule has 0 radical (unpaired) electrons. The van der Waals surface area contributed by atoms with E-state index >= 15 is 0 Å². The molecule has 1 aliphatic rings. The molecule has 1 amide bonds. The monoisotopic (exact) mass is 447 g/mol. The van der Waals surface area contributed by atoms with Gasteiger partial charge in [-0.25, -0.2) is 0 Å². The molecule has 1 N–H and O–H groups in total. The molecule has 0 bridgehead atoms. The van der Waals surface area contributed by atoms with Gasteiger partial charge in [0.2, 0.25) is 0 Å². The minimum absolute atomic E-state index is 0.128. The first-order chi connectivity index (χ1) is 14.8. The van der Waals surface area contributed by atoms with E-state index in [1.807, 2.05) is 6.07 Å². The van der Waals surface area contributed by atoms with E-state index < -0.39 is 11.7 Å². The van der Waals surface area contributed by atoms with Crippen molar-refractivity contribution in [3.05, 3.63) is 75.2 Å². The van der Waals surface area contributed by atoms with E-state index in [9.17, 15) is 18.0 Å². The number of nitrogens with one attached hydrogen (secondary N) is 1. The fourth-order valence-electron chi connectivity index (χ4n) is 3.60. The van der Waals surface area contributed by atoms with Gasteiger partial charge in [0.1, 0.15) is 5.75 Å². The smallest absolute Gasteiger partial charge is 0.416 e. The lowest BCUT2D eigenvalue weighted by atomic mass is 10.0. The Morgan fingerprint density at radius 2 is 2.13 bits per heavy atom. The second-order valence-corrected chi connectivity index (χ2v) is 8.24. The van der Waals surface area contributed by atoms with E-state index in [0.717, 1.165) is 34.7 Å². The van der Waals surface area contributed by atoms with Gasteiger partial charge in [0.05, 0.1) is 24.4 Å². The number of benzene rings is 1. The summed E-state index contributed by atoms with van der Waals surface area (Å²) in [4.78, 5) is 20.3. The highest BCUT2D eigenvalue weighted by Gasteiger charge is 2.31. The summed E-state index contributed by atoms with van der Waals surface area (Å²) >= 11 is 1.50. The fourth-order valence-corrected chi connectivity index (χ4v) is 4.72. The summed E-state index contributed by atoms with van der Waals surface area (Å²) < 4.78 is 44.0. The minimum Gasteiger partial charge on any atom is -0.495 e. The number of halogens is 3. The quantitative estimate of drug-likeness (QED) is 0.599. The number of carbonyl (C=O) groups excluding carboxylic acids is 1. The van der Waals surface area contributed by atoms with Gasteiger partial charge in [-0.1, -0.05) is 6.07 Å². The molecule has 3 heterocycles. The number of hydrogen-bond acceptors (Lipinski definition) is 5. The number of anilines is 1. The van der Waals surface area contributed by atoms with Crippen molar-refractivity contribution in [2.75, 3.05) is 19.0 Å². The van der Waals surface area contributed by atoms with Crippen LogP contribution in [0.1, 0.15) is 31.9 Å². The molecular weight excluding hydrogens is 427 g/mol. The van der Waals surface area contributed by atoms with Crippen LogP contribution in [0.2, 0.25) is 0 Å². The highest BCUT2D eigenvalue weighted by atomic mass is 32.1. The van der Waals surface area contributed by atoms with Gasteiger partial charge in [-0.05, 0) is 41.8 Å². The summed E-state index contributed by atoms with van der Waals surface area (Å²) in [5, 5.41) is 4.38. The van der Waals surface area contributed by atoms with Crippen LogP contribution in [0.15, 0.2) is 48.1 Å². The van der Waals surface area contributed by atoms with Crippen molar-refractivity contribution < 1.29 is 22.7 Å². The fraction of sp³-hybridized carbons (Fsp3) is 0.273. The maximum atomic E-state index is 12.9. The van der Waals surface area contributed by atoms with Gasteiger partial charge >= 0.3 is 6.18 Å². The molecule has 0 unspecified atom stereocenters. The number of carbonyl (C=O) groups is 1. The van der Waals surface area contributed by atoms with Crippen LogP contribution < -0.4 is 10.1 Å². The molecule has 3 aromatic rings. The number of thiophene rings is 1. The van der Waals surface area contributed by atoms with Crippen LogP contribution in [0.5, 0.6) is 5.75 Å². The average Bonchev–Trinajstić information content (AvgIpc) is 3.17. The van der Waals surface area contributed by atoms with Crippen LogP contribution >= 0.6 is 11.3 Å². The number of hydrogen-bond donors (Lipinski definition) is 1. The number of pyridine rings is 1. The van der Waals surface area contributed by atoms with E-state index in [2.05, 4.69) is 15.2 Å². The Kier molecular flexibility index (Phi) is 5.97. The molecule has 162 valence electrons. The largest absolute Gasteiger partial charge is 0.495 e. The van der Waals surface area contributed by atoms with Crippen LogP contribution in [-0.4, -0.2) is 29.4 Å². The maximum absolute atomic E-state index is 12.9. The van der Waals surface area contributed by atoms with Gasteiger partial charge in [-0.15, -0.1) is 11.3 Å². The molecule has 0 spiro atoms. The lowest BCUT2D eigenvalue weighted by Crippen LogP contribution is -2.30. The summed E-state index contributed by atoms with van der Waals surface area (Å²) in [6.45, 7) is 2.19. The number of amides is 1. The number of aromatic nitrogens is 1. The summed E-state index contributed by atoms with van der Waals surface area (Å²) in [5.74, 6) is 0.321. The highest BCUT2D eigenvalue weighted by Crippen LogP contribution is 2.32. The zero-order chi connectivity index (χ0) is 22.0. The van der Waals surface area contributed by atoms with Crippen LogP contribution in [-0.2, 0) is 25.7 Å². The number of alkyl halides is 3. The molecule has 0 atom stereocenters. The first kappa shape index (κ1) is 21.3. The number of ether oxygens (including phenoxy) is 1. The van der Waals surface area contributed by atoms with Gasteiger partial charge in [-0.3, -0.25) is 14.7 Å².